The van der Waals surface area contributed by atoms with Crippen LogP contribution in [-0.2, 0) is 0 Å². The fourth-order valence-electron chi connectivity index (χ4n) is 1.38. The molecule has 1 saturated heterocycles. The van der Waals surface area contributed by atoms with E-state index in [0.29, 0.717) is 4.75 Å². The van der Waals surface area contributed by atoms with Crippen molar-refractivity contribution >= 4 is 21.6 Å². The predicted molar refractivity (Wildman–Crippen MR) is 52.6 cm³/mol. The lowest BCUT2D eigenvalue weighted by atomic mass is 9.97. The van der Waals surface area contributed by atoms with Gasteiger partial charge in [-0.15, -0.1) is 0 Å². The summed E-state index contributed by atoms with van der Waals surface area (Å²) in [4.78, 5) is 0. The van der Waals surface area contributed by atoms with Gasteiger partial charge in [0.15, 0.2) is 0 Å². The fourth-order valence-corrected chi connectivity index (χ4v) is 4.75. The molecule has 2 heteroatoms. The lowest BCUT2D eigenvalue weighted by Crippen LogP contribution is -2.24. The largest absolute Gasteiger partial charge is 0.0936 e. The van der Waals surface area contributed by atoms with Gasteiger partial charge >= 0.3 is 0 Å². The normalized spacial score (nSPS) is 24.6. The molecule has 0 aromatic carbocycles. The lowest BCUT2D eigenvalue weighted by molar-refractivity contribution is 0.503. The summed E-state index contributed by atoms with van der Waals surface area (Å²) < 4.78 is 0.642. The average Bonchev–Trinajstić information content (AvgIpc) is 2.06. The van der Waals surface area contributed by atoms with Crippen LogP contribution < -0.4 is 0 Å². The third-order valence-electron chi connectivity index (χ3n) is 2.38. The Bertz CT molecular complexity index is 89.4. The van der Waals surface area contributed by atoms with E-state index in [1.807, 2.05) is 0 Å². The summed E-state index contributed by atoms with van der Waals surface area (Å²) in [6.07, 6.45) is 5.57. The predicted octanol–water partition coefficient (Wildman–Crippen LogP) is 3.72. The zero-order chi connectivity index (χ0) is 7.45. The summed E-state index contributed by atoms with van der Waals surface area (Å²) >= 11 is 0. The molecular formula is C8H16S2. The molecule has 1 fully saturated rings. The van der Waals surface area contributed by atoms with Crippen LogP contribution in [0, 0.1) is 0 Å². The Morgan fingerprint density at radius 3 is 2.30 bits per heavy atom. The Morgan fingerprint density at radius 2 is 2.00 bits per heavy atom. The van der Waals surface area contributed by atoms with E-state index in [1.54, 1.807) is 0 Å². The molecule has 1 rings (SSSR count). The van der Waals surface area contributed by atoms with Crippen molar-refractivity contribution in [3.63, 3.8) is 0 Å². The first kappa shape index (κ1) is 8.79. The molecule has 0 aromatic rings. The number of hydrogen-bond acceptors (Lipinski definition) is 2. The summed E-state index contributed by atoms with van der Waals surface area (Å²) in [5.41, 5.74) is 0. The molecule has 0 spiro atoms. The first-order valence-electron chi connectivity index (χ1n) is 4.13. The zero-order valence-electron chi connectivity index (χ0n) is 6.85. The average molecular weight is 176 g/mol. The van der Waals surface area contributed by atoms with Crippen LogP contribution in [0.25, 0.3) is 0 Å². The van der Waals surface area contributed by atoms with E-state index in [1.165, 1.54) is 31.4 Å². The van der Waals surface area contributed by atoms with Gasteiger partial charge in [-0.3, -0.25) is 0 Å². The van der Waals surface area contributed by atoms with Crippen LogP contribution in [0.4, 0.5) is 0 Å². The Labute approximate surface area is 71.9 Å². The molecule has 0 saturated carbocycles. The summed E-state index contributed by atoms with van der Waals surface area (Å²) in [5, 5.41) is 0. The van der Waals surface area contributed by atoms with Crippen molar-refractivity contribution in [2.75, 3.05) is 5.75 Å². The summed E-state index contributed by atoms with van der Waals surface area (Å²) in [6.45, 7) is 4.64. The van der Waals surface area contributed by atoms with Crippen molar-refractivity contribution in [1.82, 2.24) is 0 Å². The molecule has 0 aliphatic carbocycles. The van der Waals surface area contributed by atoms with Gasteiger partial charge in [0.25, 0.3) is 0 Å². The van der Waals surface area contributed by atoms with Crippen molar-refractivity contribution in [1.29, 1.82) is 0 Å². The van der Waals surface area contributed by atoms with Crippen molar-refractivity contribution in [3.05, 3.63) is 0 Å². The maximum absolute atomic E-state index is 2.32. The van der Waals surface area contributed by atoms with Crippen LogP contribution in [0.15, 0.2) is 0 Å². The van der Waals surface area contributed by atoms with Crippen molar-refractivity contribution in [2.45, 2.75) is 44.3 Å². The van der Waals surface area contributed by atoms with Gasteiger partial charge in [-0.2, -0.15) is 0 Å². The van der Waals surface area contributed by atoms with E-state index in [0.717, 1.165) is 0 Å². The van der Waals surface area contributed by atoms with Crippen molar-refractivity contribution in [3.8, 4) is 0 Å². The first-order valence-corrected chi connectivity index (χ1v) is 6.45. The topological polar surface area (TPSA) is 0 Å². The minimum Gasteiger partial charge on any atom is -0.0936 e. The fraction of sp³-hybridized carbons (Fsp3) is 1.00. The second-order valence-electron chi connectivity index (χ2n) is 2.90. The number of rotatable bonds is 2. The van der Waals surface area contributed by atoms with Gasteiger partial charge in [-0.25, -0.2) is 0 Å². The highest BCUT2D eigenvalue weighted by molar-refractivity contribution is 8.77. The highest BCUT2D eigenvalue weighted by Crippen LogP contribution is 2.48. The third kappa shape index (κ3) is 1.85. The third-order valence-corrected chi connectivity index (χ3v) is 6.01. The van der Waals surface area contributed by atoms with E-state index in [2.05, 4.69) is 35.4 Å². The van der Waals surface area contributed by atoms with E-state index < -0.39 is 0 Å². The second kappa shape index (κ2) is 3.91. The highest BCUT2D eigenvalue weighted by Gasteiger charge is 2.29. The summed E-state index contributed by atoms with van der Waals surface area (Å²) in [6, 6.07) is 0. The van der Waals surface area contributed by atoms with Gasteiger partial charge in [0.05, 0.1) is 0 Å². The van der Waals surface area contributed by atoms with Crippen LogP contribution in [0.1, 0.15) is 39.5 Å². The van der Waals surface area contributed by atoms with Gasteiger partial charge in [-0.1, -0.05) is 35.4 Å². The van der Waals surface area contributed by atoms with Gasteiger partial charge in [0, 0.05) is 10.5 Å². The Kier molecular flexibility index (Phi) is 3.44. The molecule has 10 heavy (non-hydrogen) atoms. The molecule has 1 aliphatic heterocycles. The van der Waals surface area contributed by atoms with E-state index in [4.69, 9.17) is 0 Å². The molecule has 0 aromatic heterocycles. The molecule has 1 heterocycles. The van der Waals surface area contributed by atoms with Gasteiger partial charge in [0.1, 0.15) is 0 Å². The molecule has 0 bridgehead atoms. The maximum atomic E-state index is 2.32. The molecule has 0 unspecified atom stereocenters. The molecule has 1 aliphatic rings. The molecule has 0 amide bonds. The molecule has 0 nitrogen and oxygen atoms in total. The zero-order valence-corrected chi connectivity index (χ0v) is 8.49. The molecule has 0 atom stereocenters. The Hall–Kier alpha value is 0.700. The minimum absolute atomic E-state index is 0.642. The standard InChI is InChI=1S/C8H16S2/c1-3-8(4-2)6-5-7-9-10-8/h3-7H2,1-2H3. The second-order valence-corrected chi connectivity index (χ2v) is 5.78. The highest BCUT2D eigenvalue weighted by atomic mass is 33.1. The van der Waals surface area contributed by atoms with Crippen LogP contribution >= 0.6 is 21.6 Å². The van der Waals surface area contributed by atoms with Crippen molar-refractivity contribution < 1.29 is 0 Å². The van der Waals surface area contributed by atoms with Crippen LogP contribution in [-0.4, -0.2) is 10.5 Å². The first-order chi connectivity index (χ1) is 4.83. The quantitative estimate of drug-likeness (QED) is 0.588. The Balaban J connectivity index is 2.44. The summed E-state index contributed by atoms with van der Waals surface area (Å²) in [7, 11) is 4.20. The smallest absolute Gasteiger partial charge is 0.0258 e. The van der Waals surface area contributed by atoms with Crippen LogP contribution in [0.3, 0.4) is 0 Å². The SMILES string of the molecule is CCC1(CC)CCCSS1. The van der Waals surface area contributed by atoms with Gasteiger partial charge in [0.2, 0.25) is 0 Å². The van der Waals surface area contributed by atoms with Gasteiger partial charge < -0.3 is 0 Å². The molecule has 0 N–H and O–H groups in total. The monoisotopic (exact) mass is 176 g/mol. The number of hydrogen-bond donors (Lipinski definition) is 0. The minimum atomic E-state index is 0.642. The van der Waals surface area contributed by atoms with Crippen LogP contribution in [0.2, 0.25) is 0 Å². The summed E-state index contributed by atoms with van der Waals surface area (Å²) in [5.74, 6) is 1.37. The molecule has 60 valence electrons. The Morgan fingerprint density at radius 1 is 1.30 bits per heavy atom. The molecular weight excluding hydrogens is 160 g/mol. The maximum Gasteiger partial charge on any atom is 0.0258 e. The van der Waals surface area contributed by atoms with E-state index in [9.17, 15) is 0 Å². The lowest BCUT2D eigenvalue weighted by Gasteiger charge is -2.33. The van der Waals surface area contributed by atoms with E-state index in [-0.39, 0.29) is 0 Å². The van der Waals surface area contributed by atoms with Crippen LogP contribution in [0.5, 0.6) is 0 Å². The van der Waals surface area contributed by atoms with Gasteiger partial charge in [-0.05, 0) is 25.7 Å². The van der Waals surface area contributed by atoms with E-state index >= 15 is 0 Å². The molecule has 0 radical (unpaired) electrons. The van der Waals surface area contributed by atoms with Crippen molar-refractivity contribution in [2.24, 2.45) is 0 Å².